The number of benzene rings is 2. The van der Waals surface area contributed by atoms with Crippen LogP contribution in [0.5, 0.6) is 11.6 Å². The molecule has 0 atom stereocenters. The van der Waals surface area contributed by atoms with Crippen molar-refractivity contribution in [3.05, 3.63) is 83.9 Å². The summed E-state index contributed by atoms with van der Waals surface area (Å²) >= 11 is 0. The third-order valence-corrected chi connectivity index (χ3v) is 4.37. The number of urea groups is 1. The second-order valence-electron chi connectivity index (χ2n) is 6.89. The highest BCUT2D eigenvalue weighted by Gasteiger charge is 2.09. The van der Waals surface area contributed by atoms with Gasteiger partial charge < -0.3 is 15.4 Å². The van der Waals surface area contributed by atoms with Crippen LogP contribution in [0.3, 0.4) is 0 Å². The number of halogens is 2. The summed E-state index contributed by atoms with van der Waals surface area (Å²) in [7, 11) is 0. The molecular formula is C22H18F2N6O2. The number of carbonyl (C=O) groups is 1. The van der Waals surface area contributed by atoms with E-state index in [1.165, 1.54) is 12.4 Å². The summed E-state index contributed by atoms with van der Waals surface area (Å²) in [4.78, 5) is 20.4. The van der Waals surface area contributed by atoms with Gasteiger partial charge in [0.1, 0.15) is 12.1 Å². The van der Waals surface area contributed by atoms with Gasteiger partial charge in [-0.05, 0) is 56.3 Å². The molecule has 8 nitrogen and oxygen atoms in total. The van der Waals surface area contributed by atoms with Gasteiger partial charge in [-0.1, -0.05) is 0 Å². The highest BCUT2D eigenvalue weighted by molar-refractivity contribution is 5.99. The van der Waals surface area contributed by atoms with Crippen LogP contribution in [-0.4, -0.2) is 25.8 Å². The van der Waals surface area contributed by atoms with Crippen LogP contribution in [0.15, 0.2) is 60.9 Å². The zero-order chi connectivity index (χ0) is 22.7. The van der Waals surface area contributed by atoms with Crippen LogP contribution in [-0.2, 0) is 0 Å². The molecule has 0 fully saturated rings. The molecule has 0 aliphatic heterocycles. The number of anilines is 2. The second kappa shape index (κ2) is 8.80. The van der Waals surface area contributed by atoms with E-state index < -0.39 is 17.7 Å². The van der Waals surface area contributed by atoms with Crippen molar-refractivity contribution in [3.8, 4) is 17.4 Å². The molecule has 0 aliphatic rings. The molecule has 2 aromatic heterocycles. The fourth-order valence-corrected chi connectivity index (χ4v) is 2.96. The third-order valence-electron chi connectivity index (χ3n) is 4.37. The van der Waals surface area contributed by atoms with Crippen molar-refractivity contribution in [1.29, 1.82) is 0 Å². The van der Waals surface area contributed by atoms with Gasteiger partial charge in [0.15, 0.2) is 17.5 Å². The quantitative estimate of drug-likeness (QED) is 0.460. The van der Waals surface area contributed by atoms with Gasteiger partial charge in [-0.25, -0.2) is 28.2 Å². The first-order valence-electron chi connectivity index (χ1n) is 9.54. The summed E-state index contributed by atoms with van der Waals surface area (Å²) in [6.07, 6.45) is 1.39. The molecule has 0 unspecified atom stereocenters. The van der Waals surface area contributed by atoms with Crippen molar-refractivity contribution in [1.82, 2.24) is 19.7 Å². The molecule has 0 saturated carbocycles. The lowest BCUT2D eigenvalue weighted by Gasteiger charge is -2.10. The molecule has 2 aromatic carbocycles. The van der Waals surface area contributed by atoms with Crippen LogP contribution in [0.2, 0.25) is 0 Å². The highest BCUT2D eigenvalue weighted by atomic mass is 19.2. The number of ether oxygens (including phenoxy) is 1. The van der Waals surface area contributed by atoms with Gasteiger partial charge in [0, 0.05) is 29.2 Å². The predicted octanol–water partition coefficient (Wildman–Crippen LogP) is 4.99. The summed E-state index contributed by atoms with van der Waals surface area (Å²) in [6.45, 7) is 3.83. The molecule has 0 aliphatic carbocycles. The van der Waals surface area contributed by atoms with Gasteiger partial charge in [-0.3, -0.25) is 0 Å². The van der Waals surface area contributed by atoms with Crippen molar-refractivity contribution in [2.24, 2.45) is 0 Å². The largest absolute Gasteiger partial charge is 0.439 e. The molecule has 4 aromatic rings. The zero-order valence-electron chi connectivity index (χ0n) is 17.1. The molecule has 0 bridgehead atoms. The number of aromatic nitrogens is 4. The van der Waals surface area contributed by atoms with E-state index in [0.717, 1.165) is 23.5 Å². The summed E-state index contributed by atoms with van der Waals surface area (Å²) in [5.74, 6) is -0.631. The Kier molecular flexibility index (Phi) is 5.75. The summed E-state index contributed by atoms with van der Waals surface area (Å²) < 4.78 is 33.7. The SMILES string of the molecule is Cc1cc(C)n(-c2cc(Oc3ccc(NC(=O)Nc4ccc(F)c(F)c4)cc3)ncn2)n1. The predicted molar refractivity (Wildman–Crippen MR) is 114 cm³/mol. The number of hydrogen-bond donors (Lipinski definition) is 2. The Morgan fingerprint density at radius 1 is 0.906 bits per heavy atom. The number of hydrogen-bond acceptors (Lipinski definition) is 5. The maximum Gasteiger partial charge on any atom is 0.323 e. The van der Waals surface area contributed by atoms with E-state index in [2.05, 4.69) is 25.7 Å². The lowest BCUT2D eigenvalue weighted by molar-refractivity contribution is 0.262. The van der Waals surface area contributed by atoms with Gasteiger partial charge in [-0.2, -0.15) is 5.10 Å². The van der Waals surface area contributed by atoms with E-state index >= 15 is 0 Å². The Labute approximate surface area is 181 Å². The van der Waals surface area contributed by atoms with E-state index in [1.54, 1.807) is 35.0 Å². The van der Waals surface area contributed by atoms with E-state index in [0.29, 0.717) is 23.1 Å². The summed E-state index contributed by atoms with van der Waals surface area (Å²) in [6, 6.07) is 12.7. The highest BCUT2D eigenvalue weighted by Crippen LogP contribution is 2.23. The molecule has 4 rings (SSSR count). The van der Waals surface area contributed by atoms with Gasteiger partial charge in [0.05, 0.1) is 5.69 Å². The Bertz CT molecular complexity index is 1270. The van der Waals surface area contributed by atoms with Gasteiger partial charge in [-0.15, -0.1) is 0 Å². The van der Waals surface area contributed by atoms with E-state index in [9.17, 15) is 13.6 Å². The molecule has 10 heteroatoms. The minimum atomic E-state index is -1.05. The van der Waals surface area contributed by atoms with Crippen LogP contribution >= 0.6 is 0 Å². The number of aryl methyl sites for hydroxylation is 2. The Morgan fingerprint density at radius 3 is 2.31 bits per heavy atom. The molecule has 0 saturated heterocycles. The number of nitrogens with one attached hydrogen (secondary N) is 2. The smallest absolute Gasteiger partial charge is 0.323 e. The van der Waals surface area contributed by atoms with Crippen molar-refractivity contribution in [2.45, 2.75) is 13.8 Å². The van der Waals surface area contributed by atoms with Crippen molar-refractivity contribution >= 4 is 17.4 Å². The standard InChI is InChI=1S/C22H18F2N6O2/c1-13-9-14(2)30(29-13)20-11-21(26-12-25-20)32-17-6-3-15(4-7-17)27-22(31)28-16-5-8-18(23)19(24)10-16/h3-12H,1-2H3,(H2,27,28,31). The van der Waals surface area contributed by atoms with Crippen LogP contribution in [0.25, 0.3) is 5.82 Å². The molecule has 0 spiro atoms. The summed E-state index contributed by atoms with van der Waals surface area (Å²) in [5.41, 5.74) is 2.41. The van der Waals surface area contributed by atoms with Gasteiger partial charge in [0.2, 0.25) is 5.88 Å². The van der Waals surface area contributed by atoms with E-state index in [4.69, 9.17) is 4.74 Å². The molecule has 162 valence electrons. The van der Waals surface area contributed by atoms with Crippen molar-refractivity contribution in [2.75, 3.05) is 10.6 Å². The molecule has 2 N–H and O–H groups in total. The lowest BCUT2D eigenvalue weighted by Crippen LogP contribution is -2.19. The topological polar surface area (TPSA) is 94.0 Å². The van der Waals surface area contributed by atoms with Crippen LogP contribution in [0.1, 0.15) is 11.4 Å². The first-order valence-corrected chi connectivity index (χ1v) is 9.54. The molecular weight excluding hydrogens is 418 g/mol. The number of amides is 2. The maximum absolute atomic E-state index is 13.2. The lowest BCUT2D eigenvalue weighted by atomic mass is 10.3. The molecule has 2 heterocycles. The number of carbonyl (C=O) groups excluding carboxylic acids is 1. The van der Waals surface area contributed by atoms with Crippen LogP contribution in [0, 0.1) is 25.5 Å². The number of nitrogens with zero attached hydrogens (tertiary/aromatic N) is 4. The second-order valence-corrected chi connectivity index (χ2v) is 6.89. The Balaban J connectivity index is 1.39. The molecule has 32 heavy (non-hydrogen) atoms. The average Bonchev–Trinajstić information content (AvgIpc) is 3.10. The van der Waals surface area contributed by atoms with Gasteiger partial charge in [0.25, 0.3) is 0 Å². The average molecular weight is 436 g/mol. The first-order chi connectivity index (χ1) is 15.4. The number of rotatable bonds is 5. The minimum Gasteiger partial charge on any atom is -0.439 e. The van der Waals surface area contributed by atoms with E-state index in [1.807, 2.05) is 19.9 Å². The Morgan fingerprint density at radius 2 is 1.62 bits per heavy atom. The normalized spacial score (nSPS) is 10.6. The molecule has 0 radical (unpaired) electrons. The van der Waals surface area contributed by atoms with Crippen molar-refractivity contribution in [3.63, 3.8) is 0 Å². The monoisotopic (exact) mass is 436 g/mol. The minimum absolute atomic E-state index is 0.128. The maximum atomic E-state index is 13.2. The summed E-state index contributed by atoms with van der Waals surface area (Å²) in [5, 5.41) is 9.42. The van der Waals surface area contributed by atoms with Crippen molar-refractivity contribution < 1.29 is 18.3 Å². The van der Waals surface area contributed by atoms with E-state index in [-0.39, 0.29) is 5.69 Å². The zero-order valence-corrected chi connectivity index (χ0v) is 17.1. The fourth-order valence-electron chi connectivity index (χ4n) is 2.96. The van der Waals surface area contributed by atoms with Crippen LogP contribution in [0.4, 0.5) is 25.0 Å². The van der Waals surface area contributed by atoms with Gasteiger partial charge >= 0.3 is 6.03 Å². The third kappa shape index (κ3) is 4.86. The van der Waals surface area contributed by atoms with Crippen LogP contribution < -0.4 is 15.4 Å². The first kappa shape index (κ1) is 20.9. The molecule has 2 amide bonds. The Hall–Kier alpha value is -4.34. The fraction of sp³-hybridized carbons (Fsp3) is 0.0909.